The van der Waals surface area contributed by atoms with Gasteiger partial charge >= 0.3 is 0 Å². The van der Waals surface area contributed by atoms with Gasteiger partial charge in [0, 0.05) is 18.9 Å². The molecule has 1 N–H and O–H groups in total. The van der Waals surface area contributed by atoms with Crippen molar-refractivity contribution in [3.8, 4) is 0 Å². The molecule has 2 rings (SSSR count). The smallest absolute Gasteiger partial charge is 0.138 e. The van der Waals surface area contributed by atoms with E-state index in [-0.39, 0.29) is 6.04 Å². The van der Waals surface area contributed by atoms with Crippen LogP contribution in [0.1, 0.15) is 37.9 Å². The van der Waals surface area contributed by atoms with Crippen LogP contribution in [-0.4, -0.2) is 26.0 Å². The third kappa shape index (κ3) is 3.20. The number of hydrogen-bond acceptors (Lipinski definition) is 4. The van der Waals surface area contributed by atoms with Gasteiger partial charge in [0.15, 0.2) is 0 Å². The number of hydrogen-bond donors (Lipinski definition) is 1. The molecule has 2 heterocycles. The number of furan rings is 1. The highest BCUT2D eigenvalue weighted by Gasteiger charge is 2.13. The normalized spacial score (nSPS) is 13.1. The number of nitrogens with zero attached hydrogens (tertiary/aromatic N) is 3. The predicted octanol–water partition coefficient (Wildman–Crippen LogP) is 1.99. The average Bonchev–Trinajstić information content (AvgIpc) is 2.96. The van der Waals surface area contributed by atoms with E-state index >= 15 is 0 Å². The van der Waals surface area contributed by atoms with Gasteiger partial charge in [0.25, 0.3) is 0 Å². The van der Waals surface area contributed by atoms with Crippen molar-refractivity contribution < 1.29 is 9.52 Å². The van der Waals surface area contributed by atoms with E-state index < -0.39 is 6.10 Å². The Labute approximate surface area is 106 Å². The van der Waals surface area contributed by atoms with Gasteiger partial charge in [-0.05, 0) is 32.4 Å². The van der Waals surface area contributed by atoms with Gasteiger partial charge in [0.05, 0.1) is 12.4 Å². The summed E-state index contributed by atoms with van der Waals surface area (Å²) < 4.78 is 7.08. The minimum absolute atomic E-state index is 0.264. The van der Waals surface area contributed by atoms with Crippen molar-refractivity contribution in [2.45, 2.75) is 45.3 Å². The van der Waals surface area contributed by atoms with Crippen molar-refractivity contribution in [3.05, 3.63) is 36.3 Å². The van der Waals surface area contributed by atoms with Gasteiger partial charge in [0.2, 0.25) is 0 Å². The lowest BCUT2D eigenvalue weighted by molar-refractivity contribution is 0.158. The Hall–Kier alpha value is -1.62. The summed E-state index contributed by atoms with van der Waals surface area (Å²) in [6.45, 7) is 4.10. The molecule has 0 aromatic carbocycles. The zero-order chi connectivity index (χ0) is 13.0. The molecule has 18 heavy (non-hydrogen) atoms. The highest BCUT2D eigenvalue weighted by atomic mass is 16.3. The van der Waals surface area contributed by atoms with Gasteiger partial charge in [-0.25, -0.2) is 9.67 Å². The number of aliphatic hydroxyl groups excluding tert-OH is 1. The third-order valence-electron chi connectivity index (χ3n) is 2.86. The maximum atomic E-state index is 10.0. The summed E-state index contributed by atoms with van der Waals surface area (Å²) in [6.07, 6.45) is 4.70. The SMILES string of the molecule is CC(C)n1ncnc1CC(O)CCc1ccco1. The van der Waals surface area contributed by atoms with Gasteiger partial charge in [-0.15, -0.1) is 0 Å². The van der Waals surface area contributed by atoms with Crippen molar-refractivity contribution in [2.75, 3.05) is 0 Å². The largest absolute Gasteiger partial charge is 0.469 e. The summed E-state index contributed by atoms with van der Waals surface area (Å²) in [7, 11) is 0. The average molecular weight is 249 g/mol. The first-order valence-corrected chi connectivity index (χ1v) is 6.25. The van der Waals surface area contributed by atoms with Gasteiger partial charge < -0.3 is 9.52 Å². The Kier molecular flexibility index (Phi) is 4.15. The van der Waals surface area contributed by atoms with Crippen molar-refractivity contribution in [1.82, 2.24) is 14.8 Å². The number of aliphatic hydroxyl groups is 1. The Morgan fingerprint density at radius 2 is 2.28 bits per heavy atom. The van der Waals surface area contributed by atoms with E-state index in [9.17, 15) is 5.11 Å². The quantitative estimate of drug-likeness (QED) is 0.850. The van der Waals surface area contributed by atoms with E-state index in [0.717, 1.165) is 18.0 Å². The molecule has 0 spiro atoms. The number of rotatable bonds is 6. The van der Waals surface area contributed by atoms with Crippen LogP contribution in [-0.2, 0) is 12.8 Å². The third-order valence-corrected chi connectivity index (χ3v) is 2.86. The van der Waals surface area contributed by atoms with Gasteiger partial charge in [-0.2, -0.15) is 5.10 Å². The van der Waals surface area contributed by atoms with Crippen molar-refractivity contribution in [3.63, 3.8) is 0 Å². The summed E-state index contributed by atoms with van der Waals surface area (Å²) in [5, 5.41) is 14.2. The maximum Gasteiger partial charge on any atom is 0.138 e. The molecule has 5 heteroatoms. The second kappa shape index (κ2) is 5.82. The van der Waals surface area contributed by atoms with Crippen LogP contribution in [0.25, 0.3) is 0 Å². The second-order valence-electron chi connectivity index (χ2n) is 4.69. The molecule has 0 aliphatic carbocycles. The first-order chi connectivity index (χ1) is 8.66. The van der Waals surface area contributed by atoms with Crippen LogP contribution in [0, 0.1) is 0 Å². The van der Waals surface area contributed by atoms with Crippen molar-refractivity contribution in [2.24, 2.45) is 0 Å². The lowest BCUT2D eigenvalue weighted by atomic mass is 10.1. The fraction of sp³-hybridized carbons (Fsp3) is 0.538. The van der Waals surface area contributed by atoms with Crippen molar-refractivity contribution in [1.29, 1.82) is 0 Å². The lowest BCUT2D eigenvalue weighted by Crippen LogP contribution is -2.17. The Balaban J connectivity index is 1.87. The molecule has 98 valence electrons. The summed E-state index contributed by atoms with van der Waals surface area (Å²) in [4.78, 5) is 4.19. The Morgan fingerprint density at radius 1 is 1.44 bits per heavy atom. The summed E-state index contributed by atoms with van der Waals surface area (Å²) >= 11 is 0. The fourth-order valence-electron chi connectivity index (χ4n) is 1.93. The molecule has 0 aliphatic rings. The molecule has 1 unspecified atom stereocenters. The van der Waals surface area contributed by atoms with Crippen molar-refractivity contribution >= 4 is 0 Å². The highest BCUT2D eigenvalue weighted by molar-refractivity contribution is 4.99. The lowest BCUT2D eigenvalue weighted by Gasteiger charge is -2.12. The molecule has 0 radical (unpaired) electrons. The van der Waals surface area contributed by atoms with E-state index in [1.54, 1.807) is 6.26 Å². The summed E-state index contributed by atoms with van der Waals surface area (Å²) in [5.41, 5.74) is 0. The van der Waals surface area contributed by atoms with E-state index in [1.165, 1.54) is 6.33 Å². The molecule has 0 amide bonds. The molecule has 0 aliphatic heterocycles. The predicted molar refractivity (Wildman–Crippen MR) is 67.1 cm³/mol. The monoisotopic (exact) mass is 249 g/mol. The second-order valence-corrected chi connectivity index (χ2v) is 4.69. The van der Waals surface area contributed by atoms with Crippen LogP contribution < -0.4 is 0 Å². The summed E-state index contributed by atoms with van der Waals surface area (Å²) in [5.74, 6) is 1.73. The topological polar surface area (TPSA) is 64.1 Å². The molecule has 0 saturated heterocycles. The van der Waals surface area contributed by atoms with E-state index in [2.05, 4.69) is 10.1 Å². The van der Waals surface area contributed by atoms with E-state index in [1.807, 2.05) is 30.7 Å². The van der Waals surface area contributed by atoms with Crippen LogP contribution in [0.15, 0.2) is 29.1 Å². The van der Waals surface area contributed by atoms with Crippen LogP contribution in [0.2, 0.25) is 0 Å². The van der Waals surface area contributed by atoms with Crippen LogP contribution >= 0.6 is 0 Å². The Morgan fingerprint density at radius 3 is 2.94 bits per heavy atom. The molecule has 1 atom stereocenters. The fourth-order valence-corrected chi connectivity index (χ4v) is 1.93. The van der Waals surface area contributed by atoms with Gasteiger partial charge in [-0.1, -0.05) is 0 Å². The van der Waals surface area contributed by atoms with E-state index in [4.69, 9.17) is 4.42 Å². The highest BCUT2D eigenvalue weighted by Crippen LogP contribution is 2.11. The molecule has 2 aromatic heterocycles. The first-order valence-electron chi connectivity index (χ1n) is 6.25. The van der Waals surface area contributed by atoms with Crippen LogP contribution in [0.4, 0.5) is 0 Å². The molecule has 0 saturated carbocycles. The summed E-state index contributed by atoms with van der Waals surface area (Å²) in [6, 6.07) is 4.04. The zero-order valence-corrected chi connectivity index (χ0v) is 10.8. The molecule has 0 bridgehead atoms. The minimum atomic E-state index is -0.420. The number of aromatic nitrogens is 3. The maximum absolute atomic E-state index is 10.0. The van der Waals surface area contributed by atoms with Gasteiger partial charge in [-0.3, -0.25) is 0 Å². The molecule has 0 fully saturated rings. The van der Waals surface area contributed by atoms with E-state index in [0.29, 0.717) is 12.8 Å². The molecule has 2 aromatic rings. The molecular formula is C13H19N3O2. The molecule has 5 nitrogen and oxygen atoms in total. The van der Waals surface area contributed by atoms with Crippen LogP contribution in [0.5, 0.6) is 0 Å². The standard InChI is InChI=1S/C13H19N3O2/c1-10(2)16-13(14-9-15-16)8-11(17)5-6-12-4-3-7-18-12/h3-4,7,9-11,17H,5-6,8H2,1-2H3. The molecular weight excluding hydrogens is 230 g/mol. The zero-order valence-electron chi connectivity index (χ0n) is 10.8. The Bertz CT molecular complexity index is 462. The minimum Gasteiger partial charge on any atom is -0.469 e. The first kappa shape index (κ1) is 12.8. The van der Waals surface area contributed by atoms with Crippen LogP contribution in [0.3, 0.4) is 0 Å². The number of aryl methyl sites for hydroxylation is 1. The van der Waals surface area contributed by atoms with Gasteiger partial charge in [0.1, 0.15) is 17.9 Å².